The van der Waals surface area contributed by atoms with Crippen molar-refractivity contribution >= 4 is 10.0 Å². The number of aromatic nitrogens is 1. The minimum Gasteiger partial charge on any atom is -0.390 e. The van der Waals surface area contributed by atoms with Crippen LogP contribution in [0.5, 0.6) is 0 Å². The molecule has 1 saturated carbocycles. The molecular weight excluding hydrogens is 276 g/mol. The topological polar surface area (TPSA) is 62.5 Å². The summed E-state index contributed by atoms with van der Waals surface area (Å²) in [6.45, 7) is 5.63. The maximum Gasteiger partial charge on any atom is 0.244 e. The van der Waals surface area contributed by atoms with E-state index in [1.165, 1.54) is 0 Å². The van der Waals surface area contributed by atoms with Crippen molar-refractivity contribution in [1.82, 2.24) is 8.87 Å². The van der Waals surface area contributed by atoms with E-state index in [1.807, 2.05) is 13.8 Å². The van der Waals surface area contributed by atoms with Crippen molar-refractivity contribution < 1.29 is 13.5 Å². The Kier molecular flexibility index (Phi) is 4.88. The molecule has 0 amide bonds. The standard InChI is InChI=1S/C14H24N2O3S/c1-3-7-16(9-12-5-6-12)20(18,19)14-8-13(11-17)15(4-2)10-14/h8,10,12,17H,3-7,9,11H2,1-2H3. The van der Waals surface area contributed by atoms with Crippen LogP contribution < -0.4 is 0 Å². The van der Waals surface area contributed by atoms with Gasteiger partial charge in [0.05, 0.1) is 6.61 Å². The Labute approximate surface area is 121 Å². The van der Waals surface area contributed by atoms with Gasteiger partial charge in [0.2, 0.25) is 10.0 Å². The fourth-order valence-electron chi connectivity index (χ4n) is 2.39. The molecule has 2 rings (SSSR count). The predicted molar refractivity (Wildman–Crippen MR) is 77.8 cm³/mol. The van der Waals surface area contributed by atoms with E-state index in [1.54, 1.807) is 21.1 Å². The molecule has 1 aromatic rings. The van der Waals surface area contributed by atoms with Gasteiger partial charge in [-0.3, -0.25) is 0 Å². The Morgan fingerprint density at radius 2 is 2.10 bits per heavy atom. The van der Waals surface area contributed by atoms with Gasteiger partial charge in [-0.25, -0.2) is 8.42 Å². The van der Waals surface area contributed by atoms with Gasteiger partial charge in [-0.1, -0.05) is 6.92 Å². The van der Waals surface area contributed by atoms with Gasteiger partial charge < -0.3 is 9.67 Å². The van der Waals surface area contributed by atoms with Crippen molar-refractivity contribution in [3.05, 3.63) is 18.0 Å². The Morgan fingerprint density at radius 1 is 1.40 bits per heavy atom. The zero-order valence-electron chi connectivity index (χ0n) is 12.2. The summed E-state index contributed by atoms with van der Waals surface area (Å²) < 4.78 is 28.8. The second-order valence-corrected chi connectivity index (χ2v) is 7.36. The molecule has 20 heavy (non-hydrogen) atoms. The number of hydrogen-bond donors (Lipinski definition) is 1. The summed E-state index contributed by atoms with van der Waals surface area (Å²) in [6.07, 6.45) is 4.71. The molecule has 0 saturated heterocycles. The number of hydrogen-bond acceptors (Lipinski definition) is 3. The van der Waals surface area contributed by atoms with Crippen molar-refractivity contribution in [3.63, 3.8) is 0 Å². The first-order valence-electron chi connectivity index (χ1n) is 7.33. The van der Waals surface area contributed by atoms with E-state index in [-0.39, 0.29) is 6.61 Å². The molecule has 0 aromatic carbocycles. The Bertz CT molecular complexity index is 525. The van der Waals surface area contributed by atoms with Gasteiger partial charge >= 0.3 is 0 Å². The van der Waals surface area contributed by atoms with Gasteiger partial charge in [0.25, 0.3) is 0 Å². The molecular formula is C14H24N2O3S. The first-order valence-corrected chi connectivity index (χ1v) is 8.77. The molecule has 1 aliphatic rings. The zero-order chi connectivity index (χ0) is 14.8. The Hall–Kier alpha value is -0.850. The number of aryl methyl sites for hydroxylation is 1. The second-order valence-electron chi connectivity index (χ2n) is 5.42. The highest BCUT2D eigenvalue weighted by molar-refractivity contribution is 7.89. The van der Waals surface area contributed by atoms with Gasteiger partial charge in [-0.05, 0) is 38.2 Å². The van der Waals surface area contributed by atoms with Crippen LogP contribution in [0.3, 0.4) is 0 Å². The molecule has 0 atom stereocenters. The van der Waals surface area contributed by atoms with Crippen LogP contribution in [0.15, 0.2) is 17.2 Å². The number of rotatable bonds is 8. The van der Waals surface area contributed by atoms with Crippen LogP contribution in [0.25, 0.3) is 0 Å². The van der Waals surface area contributed by atoms with Gasteiger partial charge in [-0.2, -0.15) is 4.31 Å². The third-order valence-corrected chi connectivity index (χ3v) is 5.56. The van der Waals surface area contributed by atoms with Crippen LogP contribution in [-0.2, 0) is 23.2 Å². The largest absolute Gasteiger partial charge is 0.390 e. The minimum absolute atomic E-state index is 0.139. The zero-order valence-corrected chi connectivity index (χ0v) is 13.1. The summed E-state index contributed by atoms with van der Waals surface area (Å²) in [5.74, 6) is 0.530. The molecule has 0 unspecified atom stereocenters. The Morgan fingerprint density at radius 3 is 2.55 bits per heavy atom. The van der Waals surface area contributed by atoms with Gasteiger partial charge in [-0.15, -0.1) is 0 Å². The van der Waals surface area contributed by atoms with E-state index < -0.39 is 10.0 Å². The maximum absolute atomic E-state index is 12.7. The molecule has 5 nitrogen and oxygen atoms in total. The van der Waals surface area contributed by atoms with Crippen molar-refractivity contribution in [2.75, 3.05) is 13.1 Å². The van der Waals surface area contributed by atoms with Gasteiger partial charge in [0, 0.05) is 31.5 Å². The molecule has 6 heteroatoms. The molecule has 1 aliphatic carbocycles. The fraction of sp³-hybridized carbons (Fsp3) is 0.714. The summed E-state index contributed by atoms with van der Waals surface area (Å²) in [7, 11) is -3.44. The van der Waals surface area contributed by atoms with E-state index in [0.717, 1.165) is 19.3 Å². The van der Waals surface area contributed by atoms with E-state index in [2.05, 4.69) is 0 Å². The Balaban J connectivity index is 2.28. The van der Waals surface area contributed by atoms with Crippen LogP contribution in [0.1, 0.15) is 38.8 Å². The number of aliphatic hydroxyl groups is 1. The number of sulfonamides is 1. The first-order chi connectivity index (χ1) is 9.52. The number of nitrogens with zero attached hydrogens (tertiary/aromatic N) is 2. The van der Waals surface area contributed by atoms with Crippen molar-refractivity contribution in [3.8, 4) is 0 Å². The molecule has 1 aromatic heterocycles. The predicted octanol–water partition coefficient (Wildman–Crippen LogP) is 1.81. The quantitative estimate of drug-likeness (QED) is 0.796. The van der Waals surface area contributed by atoms with Gasteiger partial charge in [0.15, 0.2) is 0 Å². The highest BCUT2D eigenvalue weighted by Gasteiger charge is 2.32. The average Bonchev–Trinajstić information content (AvgIpc) is 3.14. The van der Waals surface area contributed by atoms with E-state index in [4.69, 9.17) is 0 Å². The highest BCUT2D eigenvalue weighted by atomic mass is 32.2. The number of aliphatic hydroxyl groups excluding tert-OH is 1. The van der Waals surface area contributed by atoms with Crippen LogP contribution in [-0.4, -0.2) is 35.5 Å². The van der Waals surface area contributed by atoms with E-state index in [0.29, 0.717) is 36.1 Å². The molecule has 114 valence electrons. The summed E-state index contributed by atoms with van der Waals surface area (Å²) in [6, 6.07) is 1.59. The van der Waals surface area contributed by atoms with Crippen LogP contribution >= 0.6 is 0 Å². The van der Waals surface area contributed by atoms with Gasteiger partial charge in [0.1, 0.15) is 4.90 Å². The lowest BCUT2D eigenvalue weighted by atomic mass is 10.4. The molecule has 1 heterocycles. The summed E-state index contributed by atoms with van der Waals surface area (Å²) >= 11 is 0. The molecule has 0 radical (unpaired) electrons. The van der Waals surface area contributed by atoms with Crippen LogP contribution in [0.4, 0.5) is 0 Å². The highest BCUT2D eigenvalue weighted by Crippen LogP contribution is 2.32. The van der Waals surface area contributed by atoms with Crippen molar-refractivity contribution in [2.24, 2.45) is 5.92 Å². The van der Waals surface area contributed by atoms with Crippen LogP contribution in [0, 0.1) is 5.92 Å². The summed E-state index contributed by atoms with van der Waals surface area (Å²) in [5.41, 5.74) is 0.647. The minimum atomic E-state index is -3.44. The second kappa shape index (κ2) is 6.28. The monoisotopic (exact) mass is 300 g/mol. The first kappa shape index (κ1) is 15.5. The lowest BCUT2D eigenvalue weighted by Gasteiger charge is -2.20. The normalized spacial score (nSPS) is 16.0. The van der Waals surface area contributed by atoms with Crippen molar-refractivity contribution in [1.29, 1.82) is 0 Å². The molecule has 1 N–H and O–H groups in total. The van der Waals surface area contributed by atoms with E-state index in [9.17, 15) is 13.5 Å². The lowest BCUT2D eigenvalue weighted by molar-refractivity contribution is 0.271. The average molecular weight is 300 g/mol. The molecule has 0 aliphatic heterocycles. The summed E-state index contributed by atoms with van der Waals surface area (Å²) in [5, 5.41) is 9.30. The lowest BCUT2D eigenvalue weighted by Crippen LogP contribution is -2.33. The SMILES string of the molecule is CCCN(CC1CC1)S(=O)(=O)c1cc(CO)n(CC)c1. The molecule has 0 bridgehead atoms. The van der Waals surface area contributed by atoms with Crippen LogP contribution in [0.2, 0.25) is 0 Å². The maximum atomic E-state index is 12.7. The molecule has 1 fully saturated rings. The van der Waals surface area contributed by atoms with Crippen molar-refractivity contribution in [2.45, 2.75) is 51.2 Å². The molecule has 0 spiro atoms. The third-order valence-electron chi connectivity index (χ3n) is 3.73. The smallest absolute Gasteiger partial charge is 0.244 e. The van der Waals surface area contributed by atoms with E-state index >= 15 is 0 Å². The summed E-state index contributed by atoms with van der Waals surface area (Å²) in [4.78, 5) is 0.303. The third kappa shape index (κ3) is 3.24. The fourth-order valence-corrected chi connectivity index (χ4v) is 4.06.